The Bertz CT molecular complexity index is 1710. The highest BCUT2D eigenvalue weighted by atomic mass is 32.2. The van der Waals surface area contributed by atoms with E-state index in [1.54, 1.807) is 30.3 Å². The molecule has 0 aliphatic heterocycles. The quantitative estimate of drug-likeness (QED) is 0.182. The molecule has 0 aliphatic carbocycles. The van der Waals surface area contributed by atoms with Gasteiger partial charge in [0.05, 0.1) is 7.11 Å². The molecule has 0 unspecified atom stereocenters. The van der Waals surface area contributed by atoms with E-state index >= 15 is 0 Å². The number of halogens is 3. The lowest BCUT2D eigenvalue weighted by Crippen LogP contribution is -2.28. The molecule has 8 heteroatoms. The van der Waals surface area contributed by atoms with Crippen LogP contribution >= 0.6 is 0 Å². The van der Waals surface area contributed by atoms with E-state index in [2.05, 4.69) is 0 Å². The monoisotopic (exact) mass is 508 g/mol. The van der Waals surface area contributed by atoms with Crippen LogP contribution in [0.3, 0.4) is 0 Å². The number of benzene rings is 5. The second-order valence-electron chi connectivity index (χ2n) is 8.05. The Labute approximate surface area is 205 Å². The van der Waals surface area contributed by atoms with Gasteiger partial charge in [-0.1, -0.05) is 84.9 Å². The van der Waals surface area contributed by atoms with Gasteiger partial charge in [0.15, 0.2) is 5.75 Å². The van der Waals surface area contributed by atoms with Gasteiger partial charge < -0.3 is 8.92 Å². The molecule has 0 saturated carbocycles. The second-order valence-corrected chi connectivity index (χ2v) is 9.59. The van der Waals surface area contributed by atoms with Gasteiger partial charge in [0.1, 0.15) is 5.75 Å². The van der Waals surface area contributed by atoms with Gasteiger partial charge in [-0.05, 0) is 39.2 Å². The summed E-state index contributed by atoms with van der Waals surface area (Å²) in [4.78, 5) is 0. The molecular formula is C28H19F3O4S. The van der Waals surface area contributed by atoms with Gasteiger partial charge in [-0.15, -0.1) is 0 Å². The first-order valence-corrected chi connectivity index (χ1v) is 12.3. The van der Waals surface area contributed by atoms with Crippen LogP contribution in [-0.4, -0.2) is 21.0 Å². The van der Waals surface area contributed by atoms with Crippen LogP contribution in [0.4, 0.5) is 13.2 Å². The van der Waals surface area contributed by atoms with Crippen LogP contribution in [0.25, 0.3) is 43.8 Å². The van der Waals surface area contributed by atoms with Crippen molar-refractivity contribution in [2.24, 2.45) is 0 Å². The fourth-order valence-electron chi connectivity index (χ4n) is 4.38. The highest BCUT2D eigenvalue weighted by molar-refractivity contribution is 7.88. The molecule has 5 aromatic carbocycles. The van der Waals surface area contributed by atoms with Crippen molar-refractivity contribution in [1.29, 1.82) is 0 Å². The predicted molar refractivity (Wildman–Crippen MR) is 134 cm³/mol. The second kappa shape index (κ2) is 8.87. The van der Waals surface area contributed by atoms with Crippen LogP contribution in [0.15, 0.2) is 97.1 Å². The average Bonchev–Trinajstić information content (AvgIpc) is 2.87. The van der Waals surface area contributed by atoms with Crippen LogP contribution in [0.2, 0.25) is 0 Å². The fraction of sp³-hybridized carbons (Fsp3) is 0.0714. The molecule has 4 nitrogen and oxygen atoms in total. The molecule has 0 fully saturated rings. The molecule has 0 amide bonds. The summed E-state index contributed by atoms with van der Waals surface area (Å²) in [6.45, 7) is 0. The van der Waals surface area contributed by atoms with Crippen LogP contribution in [0, 0.1) is 0 Å². The Morgan fingerprint density at radius 3 is 1.81 bits per heavy atom. The third kappa shape index (κ3) is 4.03. The first-order chi connectivity index (χ1) is 17.2. The van der Waals surface area contributed by atoms with Crippen molar-refractivity contribution >= 4 is 31.7 Å². The predicted octanol–water partition coefficient (Wildman–Crippen LogP) is 7.56. The summed E-state index contributed by atoms with van der Waals surface area (Å²) in [5, 5.41) is 2.79. The highest BCUT2D eigenvalue weighted by Gasteiger charge is 2.49. The molecule has 182 valence electrons. The van der Waals surface area contributed by atoms with Crippen molar-refractivity contribution < 1.29 is 30.5 Å². The molecule has 36 heavy (non-hydrogen) atoms. The van der Waals surface area contributed by atoms with Gasteiger partial charge >= 0.3 is 15.6 Å². The van der Waals surface area contributed by atoms with E-state index < -0.39 is 21.4 Å². The fourth-order valence-corrected chi connectivity index (χ4v) is 4.85. The van der Waals surface area contributed by atoms with E-state index in [4.69, 9.17) is 8.92 Å². The minimum absolute atomic E-state index is 0.235. The Hall–Kier alpha value is -4.04. The molecule has 0 heterocycles. The molecule has 5 rings (SSSR count). The lowest BCUT2D eigenvalue weighted by Gasteiger charge is -2.20. The van der Waals surface area contributed by atoms with Crippen LogP contribution in [-0.2, 0) is 10.1 Å². The van der Waals surface area contributed by atoms with Crippen molar-refractivity contribution in [3.63, 3.8) is 0 Å². The molecule has 0 saturated heterocycles. The number of para-hydroxylation sites is 1. The van der Waals surface area contributed by atoms with Crippen molar-refractivity contribution in [3.8, 4) is 33.8 Å². The zero-order chi connectivity index (χ0) is 25.5. The molecule has 5 aromatic rings. The maximum atomic E-state index is 13.3. The number of hydrogen-bond donors (Lipinski definition) is 0. The van der Waals surface area contributed by atoms with Crippen molar-refractivity contribution in [2.45, 2.75) is 5.51 Å². The molecule has 0 N–H and O–H groups in total. The summed E-state index contributed by atoms with van der Waals surface area (Å²) < 4.78 is 74.5. The van der Waals surface area contributed by atoms with Gasteiger partial charge in [-0.3, -0.25) is 0 Å². The van der Waals surface area contributed by atoms with Crippen LogP contribution in [0.5, 0.6) is 11.5 Å². The Balaban J connectivity index is 1.94. The number of alkyl halides is 3. The molecule has 0 spiro atoms. The van der Waals surface area contributed by atoms with Gasteiger partial charge in [0.2, 0.25) is 0 Å². The summed E-state index contributed by atoms with van der Waals surface area (Å²) in [5.74, 6) is 0.137. The summed E-state index contributed by atoms with van der Waals surface area (Å²) >= 11 is 0. The normalized spacial score (nSPS) is 12.1. The Morgan fingerprint density at radius 2 is 1.17 bits per heavy atom. The molecule has 0 aromatic heterocycles. The van der Waals surface area contributed by atoms with Crippen molar-refractivity contribution in [3.05, 3.63) is 97.1 Å². The number of hydrogen-bond acceptors (Lipinski definition) is 4. The largest absolute Gasteiger partial charge is 0.534 e. The minimum Gasteiger partial charge on any atom is -0.496 e. The topological polar surface area (TPSA) is 52.6 Å². The summed E-state index contributed by atoms with van der Waals surface area (Å²) in [6.07, 6.45) is 0. The third-order valence-electron chi connectivity index (χ3n) is 5.95. The highest BCUT2D eigenvalue weighted by Crippen LogP contribution is 2.48. The van der Waals surface area contributed by atoms with E-state index in [0.29, 0.717) is 38.6 Å². The SMILES string of the molecule is COc1ccccc1-c1ccc2ccccc2c1-c1c(OS(=O)(=O)C(F)(F)F)ccc2ccccc12. The van der Waals surface area contributed by atoms with E-state index in [-0.39, 0.29) is 5.56 Å². The minimum atomic E-state index is -5.92. The molecule has 0 radical (unpaired) electrons. The first kappa shape index (κ1) is 23.7. The molecule has 0 bridgehead atoms. The molecular weight excluding hydrogens is 489 g/mol. The lowest BCUT2D eigenvalue weighted by atomic mass is 9.86. The Kier molecular flexibility index (Phi) is 5.84. The smallest absolute Gasteiger partial charge is 0.496 e. The van der Waals surface area contributed by atoms with Crippen molar-refractivity contribution in [2.75, 3.05) is 7.11 Å². The van der Waals surface area contributed by atoms with Gasteiger partial charge in [0.25, 0.3) is 0 Å². The van der Waals surface area contributed by atoms with E-state index in [1.807, 2.05) is 54.6 Å². The third-order valence-corrected chi connectivity index (χ3v) is 6.92. The lowest BCUT2D eigenvalue weighted by molar-refractivity contribution is -0.0499. The van der Waals surface area contributed by atoms with E-state index in [0.717, 1.165) is 5.39 Å². The molecule has 0 aliphatic rings. The summed E-state index contributed by atoms with van der Waals surface area (Å²) in [5.41, 5.74) is -3.48. The number of methoxy groups -OCH3 is 1. The number of ether oxygens (including phenoxy) is 1. The van der Waals surface area contributed by atoms with E-state index in [1.165, 1.54) is 19.2 Å². The summed E-state index contributed by atoms with van der Waals surface area (Å²) in [7, 11) is -4.39. The zero-order valence-electron chi connectivity index (χ0n) is 18.9. The maximum absolute atomic E-state index is 13.3. The van der Waals surface area contributed by atoms with Crippen LogP contribution < -0.4 is 8.92 Å². The standard InChI is InChI=1S/C28H19F3O4S/c1-34-24-13-7-6-12-22(24)23-16-14-18-8-2-4-10-20(18)26(23)27-21-11-5-3-9-19(21)15-17-25(27)35-36(32,33)28(29,30)31/h2-17H,1H3. The van der Waals surface area contributed by atoms with Gasteiger partial charge in [-0.25, -0.2) is 0 Å². The van der Waals surface area contributed by atoms with Gasteiger partial charge in [-0.2, -0.15) is 21.6 Å². The average molecular weight is 509 g/mol. The number of rotatable bonds is 5. The van der Waals surface area contributed by atoms with Crippen molar-refractivity contribution in [1.82, 2.24) is 0 Å². The first-order valence-electron chi connectivity index (χ1n) is 10.9. The Morgan fingerprint density at radius 1 is 0.611 bits per heavy atom. The zero-order valence-corrected chi connectivity index (χ0v) is 19.7. The molecule has 0 atom stereocenters. The summed E-state index contributed by atoms with van der Waals surface area (Å²) in [6, 6.07) is 28.2. The maximum Gasteiger partial charge on any atom is 0.534 e. The van der Waals surface area contributed by atoms with Gasteiger partial charge in [0, 0.05) is 16.7 Å². The van der Waals surface area contributed by atoms with Crippen LogP contribution in [0.1, 0.15) is 0 Å². The number of fused-ring (bicyclic) bond motifs is 2. The van der Waals surface area contributed by atoms with E-state index in [9.17, 15) is 21.6 Å².